The van der Waals surface area contributed by atoms with Crippen molar-refractivity contribution in [1.29, 1.82) is 5.41 Å². The van der Waals surface area contributed by atoms with Crippen LogP contribution in [0.3, 0.4) is 0 Å². The molecule has 2 amide bonds. The van der Waals surface area contributed by atoms with E-state index in [1.165, 1.54) is 0 Å². The first-order valence-electron chi connectivity index (χ1n) is 11.1. The van der Waals surface area contributed by atoms with Gasteiger partial charge in [-0.3, -0.25) is 31.0 Å². The lowest BCUT2D eigenvalue weighted by Crippen LogP contribution is -2.54. The number of piperidine rings is 2. The second-order valence-corrected chi connectivity index (χ2v) is 8.36. The fourth-order valence-corrected chi connectivity index (χ4v) is 4.52. The van der Waals surface area contributed by atoms with Crippen LogP contribution in [-0.4, -0.2) is 35.9 Å². The first-order chi connectivity index (χ1) is 15.5. The van der Waals surface area contributed by atoms with Gasteiger partial charge in [0.25, 0.3) is 0 Å². The summed E-state index contributed by atoms with van der Waals surface area (Å²) in [6, 6.07) is 14.5. The highest BCUT2D eigenvalue weighted by atomic mass is 16.5. The number of hydrogen-bond acceptors (Lipinski definition) is 5. The molecule has 0 aliphatic carbocycles. The molecule has 0 saturated carbocycles. The van der Waals surface area contributed by atoms with Gasteiger partial charge in [-0.05, 0) is 74.5 Å². The Morgan fingerprint density at radius 2 is 1.91 bits per heavy atom. The molecule has 0 aromatic heterocycles. The zero-order chi connectivity index (χ0) is 22.6. The van der Waals surface area contributed by atoms with Crippen LogP contribution in [0.15, 0.2) is 48.5 Å². The van der Waals surface area contributed by atoms with Gasteiger partial charge in [0, 0.05) is 29.9 Å². The van der Waals surface area contributed by atoms with Gasteiger partial charge in [0.15, 0.2) is 0 Å². The molecule has 0 bridgehead atoms. The van der Waals surface area contributed by atoms with Crippen molar-refractivity contribution in [1.82, 2.24) is 10.8 Å². The van der Waals surface area contributed by atoms with Crippen LogP contribution < -0.4 is 21.0 Å². The molecule has 2 fully saturated rings. The van der Waals surface area contributed by atoms with E-state index in [-0.39, 0.29) is 17.6 Å². The van der Waals surface area contributed by atoms with Crippen LogP contribution in [0, 0.1) is 5.41 Å². The van der Waals surface area contributed by atoms with Crippen molar-refractivity contribution in [2.24, 2.45) is 0 Å². The molecule has 2 aromatic rings. The minimum Gasteiger partial charge on any atom is -0.324 e. The number of nitrogens with zero attached hydrogens (tertiary/aromatic N) is 1. The normalized spacial score (nSPS) is 21.2. The van der Waals surface area contributed by atoms with Crippen LogP contribution in [0.25, 0.3) is 0 Å². The summed E-state index contributed by atoms with van der Waals surface area (Å²) in [7, 11) is 0. The Labute approximate surface area is 187 Å². The van der Waals surface area contributed by atoms with Gasteiger partial charge in [0.1, 0.15) is 11.4 Å². The van der Waals surface area contributed by atoms with Crippen molar-refractivity contribution in [3.05, 3.63) is 59.7 Å². The smallest absolute Gasteiger partial charge is 0.249 e. The molecule has 4 rings (SSSR count). The third-order valence-corrected chi connectivity index (χ3v) is 6.31. The summed E-state index contributed by atoms with van der Waals surface area (Å²) in [6.07, 6.45) is 5.03. The van der Waals surface area contributed by atoms with E-state index in [1.807, 2.05) is 35.8 Å². The van der Waals surface area contributed by atoms with Gasteiger partial charge in [-0.2, -0.15) is 0 Å². The van der Waals surface area contributed by atoms with E-state index in [4.69, 9.17) is 10.6 Å². The SMILES string of the molecule is N=C(NO)c1cccc(C2(C(=O)Nc3ccc(N4CCCCC4=O)cc3)CCCCN2)c1. The van der Waals surface area contributed by atoms with Crippen molar-refractivity contribution in [2.45, 2.75) is 44.1 Å². The minimum atomic E-state index is -0.925. The molecule has 168 valence electrons. The number of hydrogen-bond donors (Lipinski definition) is 5. The molecule has 1 unspecified atom stereocenters. The van der Waals surface area contributed by atoms with Crippen LogP contribution in [0.2, 0.25) is 0 Å². The predicted octanol–water partition coefficient (Wildman–Crippen LogP) is 3.12. The van der Waals surface area contributed by atoms with E-state index in [1.54, 1.807) is 23.1 Å². The first-order valence-corrected chi connectivity index (χ1v) is 11.1. The van der Waals surface area contributed by atoms with Gasteiger partial charge >= 0.3 is 0 Å². The largest absolute Gasteiger partial charge is 0.324 e. The van der Waals surface area contributed by atoms with Gasteiger partial charge in [-0.1, -0.05) is 18.2 Å². The lowest BCUT2D eigenvalue weighted by atomic mass is 9.80. The number of amides is 2. The molecule has 2 heterocycles. The number of anilines is 2. The number of hydroxylamine groups is 1. The molecule has 2 aromatic carbocycles. The average molecular weight is 436 g/mol. The lowest BCUT2D eigenvalue weighted by molar-refractivity contribution is -0.124. The summed E-state index contributed by atoms with van der Waals surface area (Å²) >= 11 is 0. The number of nitrogens with one attached hydrogen (secondary N) is 4. The Morgan fingerprint density at radius 3 is 2.59 bits per heavy atom. The molecule has 2 saturated heterocycles. The number of rotatable bonds is 5. The van der Waals surface area contributed by atoms with Crippen LogP contribution >= 0.6 is 0 Å². The predicted molar refractivity (Wildman–Crippen MR) is 123 cm³/mol. The Kier molecular flexibility index (Phi) is 6.53. The summed E-state index contributed by atoms with van der Waals surface area (Å²) in [5, 5.41) is 23.4. The second-order valence-electron chi connectivity index (χ2n) is 8.36. The monoisotopic (exact) mass is 435 g/mol. The van der Waals surface area contributed by atoms with Crippen LogP contribution in [0.5, 0.6) is 0 Å². The lowest BCUT2D eigenvalue weighted by Gasteiger charge is -2.37. The molecule has 0 radical (unpaired) electrons. The molecule has 32 heavy (non-hydrogen) atoms. The second kappa shape index (κ2) is 9.50. The summed E-state index contributed by atoms with van der Waals surface area (Å²) in [5.74, 6) is -0.151. The zero-order valence-electron chi connectivity index (χ0n) is 18.0. The number of amidine groups is 1. The highest BCUT2D eigenvalue weighted by molar-refractivity contribution is 6.01. The Morgan fingerprint density at radius 1 is 1.09 bits per heavy atom. The van der Waals surface area contributed by atoms with Crippen molar-refractivity contribution in [2.75, 3.05) is 23.3 Å². The standard InChI is InChI=1S/C24H29N5O3/c25-22(28-32)17-6-5-7-18(16-17)24(13-2-3-14-26-24)23(31)27-19-9-11-20(12-10-19)29-15-4-1-8-21(29)30/h5-7,9-12,16,26,32H,1-4,8,13-15H2,(H2,25,28)(H,27,31). The van der Waals surface area contributed by atoms with Gasteiger partial charge < -0.3 is 10.2 Å². The third kappa shape index (κ3) is 4.37. The van der Waals surface area contributed by atoms with Gasteiger partial charge in [0.2, 0.25) is 11.8 Å². The quantitative estimate of drug-likeness (QED) is 0.281. The Hall–Kier alpha value is -3.23. The van der Waals surface area contributed by atoms with E-state index in [9.17, 15) is 9.59 Å². The first kappa shape index (κ1) is 22.0. The minimum absolute atomic E-state index is 0.124. The third-order valence-electron chi connectivity index (χ3n) is 6.31. The maximum absolute atomic E-state index is 13.5. The zero-order valence-corrected chi connectivity index (χ0v) is 18.0. The molecular formula is C24H29N5O3. The van der Waals surface area contributed by atoms with E-state index >= 15 is 0 Å². The summed E-state index contributed by atoms with van der Waals surface area (Å²) in [4.78, 5) is 27.5. The van der Waals surface area contributed by atoms with Crippen molar-refractivity contribution >= 4 is 29.0 Å². The maximum Gasteiger partial charge on any atom is 0.249 e. The van der Waals surface area contributed by atoms with Crippen molar-refractivity contribution in [3.8, 4) is 0 Å². The van der Waals surface area contributed by atoms with Crippen LogP contribution in [-0.2, 0) is 15.1 Å². The van der Waals surface area contributed by atoms with E-state index in [2.05, 4.69) is 10.6 Å². The van der Waals surface area contributed by atoms with Gasteiger partial charge in [0.05, 0.1) is 0 Å². The van der Waals surface area contributed by atoms with Crippen molar-refractivity contribution in [3.63, 3.8) is 0 Å². The molecule has 2 aliphatic rings. The van der Waals surface area contributed by atoms with Gasteiger partial charge in [-0.25, -0.2) is 0 Å². The van der Waals surface area contributed by atoms with E-state index in [0.717, 1.165) is 43.5 Å². The number of benzene rings is 2. The highest BCUT2D eigenvalue weighted by Gasteiger charge is 2.41. The molecule has 8 heteroatoms. The van der Waals surface area contributed by atoms with Crippen LogP contribution in [0.4, 0.5) is 11.4 Å². The van der Waals surface area contributed by atoms with Gasteiger partial charge in [-0.15, -0.1) is 0 Å². The highest BCUT2D eigenvalue weighted by Crippen LogP contribution is 2.33. The number of carbonyl (C=O) groups is 2. The molecule has 1 atom stereocenters. The molecule has 8 nitrogen and oxygen atoms in total. The summed E-state index contributed by atoms with van der Waals surface area (Å²) in [5.41, 5.74) is 3.70. The molecular weight excluding hydrogens is 406 g/mol. The van der Waals surface area contributed by atoms with E-state index in [0.29, 0.717) is 30.6 Å². The summed E-state index contributed by atoms with van der Waals surface area (Å²) in [6.45, 7) is 1.44. The summed E-state index contributed by atoms with van der Waals surface area (Å²) < 4.78 is 0. The number of carbonyl (C=O) groups excluding carboxylic acids is 2. The molecule has 5 N–H and O–H groups in total. The Balaban J connectivity index is 1.56. The molecule has 2 aliphatic heterocycles. The van der Waals surface area contributed by atoms with Crippen LogP contribution in [0.1, 0.15) is 49.7 Å². The average Bonchev–Trinajstić information content (AvgIpc) is 2.85. The van der Waals surface area contributed by atoms with E-state index < -0.39 is 5.54 Å². The fourth-order valence-electron chi connectivity index (χ4n) is 4.52. The topological polar surface area (TPSA) is 118 Å². The maximum atomic E-state index is 13.5. The Bertz CT molecular complexity index is 999. The van der Waals surface area contributed by atoms with Crippen molar-refractivity contribution < 1.29 is 14.8 Å². The fraction of sp³-hybridized carbons (Fsp3) is 0.375. The molecule has 0 spiro atoms.